The second-order valence-corrected chi connectivity index (χ2v) is 7.52. The van der Waals surface area contributed by atoms with E-state index in [9.17, 15) is 18.7 Å². The van der Waals surface area contributed by atoms with Gasteiger partial charge in [0.25, 0.3) is 5.91 Å². The van der Waals surface area contributed by atoms with Crippen LogP contribution in [-0.4, -0.2) is 62.1 Å². The minimum absolute atomic E-state index is 0.0121. The van der Waals surface area contributed by atoms with Gasteiger partial charge in [-0.3, -0.25) is 9.89 Å². The first-order valence-corrected chi connectivity index (χ1v) is 10.4. The number of methoxy groups -OCH3 is 1. The smallest absolute Gasteiger partial charge is 0.252 e. The van der Waals surface area contributed by atoms with Crippen LogP contribution in [-0.2, 0) is 11.3 Å². The molecule has 1 amide bonds. The molecule has 0 aliphatic rings. The van der Waals surface area contributed by atoms with Gasteiger partial charge in [-0.1, -0.05) is 6.07 Å². The van der Waals surface area contributed by atoms with Crippen molar-refractivity contribution < 1.29 is 23.4 Å². The average Bonchev–Trinajstić information content (AvgIpc) is 3.51. The highest BCUT2D eigenvalue weighted by molar-refractivity contribution is 6.01. The molecule has 0 unspecified atom stereocenters. The third-order valence-corrected chi connectivity index (χ3v) is 5.19. The van der Waals surface area contributed by atoms with Gasteiger partial charge in [0.15, 0.2) is 0 Å². The lowest BCUT2D eigenvalue weighted by atomic mass is 10.0. The van der Waals surface area contributed by atoms with Crippen LogP contribution in [0.3, 0.4) is 0 Å². The summed E-state index contributed by atoms with van der Waals surface area (Å²) in [6.45, 7) is 0.0382. The standard InChI is InChI=1S/C23H22F2N6O3/c1-34-13-21(32)20(12-31-26-9-10-27-31)28-23(33)16-3-2-4-17(25)22(16)19-11-18(29-30-19)14-5-7-15(24)8-6-14/h2-11,20-21,32H,12-13H2,1H3,(H,28,33)(H,29,30)/t20-,21-/m1/s1. The van der Waals surface area contributed by atoms with Crippen molar-refractivity contribution in [2.75, 3.05) is 13.7 Å². The summed E-state index contributed by atoms with van der Waals surface area (Å²) in [5.41, 5.74) is 1.41. The number of hydrogen-bond donors (Lipinski definition) is 3. The lowest BCUT2D eigenvalue weighted by molar-refractivity contribution is 0.0312. The van der Waals surface area contributed by atoms with Crippen LogP contribution >= 0.6 is 0 Å². The van der Waals surface area contributed by atoms with Crippen LogP contribution in [0.5, 0.6) is 0 Å². The quantitative estimate of drug-likeness (QED) is 0.347. The van der Waals surface area contributed by atoms with E-state index in [4.69, 9.17) is 4.74 Å². The Bertz CT molecular complexity index is 1240. The molecule has 4 aromatic rings. The molecule has 2 aromatic carbocycles. The van der Waals surface area contributed by atoms with Crippen molar-refractivity contribution in [3.63, 3.8) is 0 Å². The molecule has 2 aromatic heterocycles. The highest BCUT2D eigenvalue weighted by Crippen LogP contribution is 2.29. The summed E-state index contributed by atoms with van der Waals surface area (Å²) in [4.78, 5) is 14.5. The van der Waals surface area contributed by atoms with Crippen LogP contribution in [0.1, 0.15) is 10.4 Å². The Labute approximate surface area is 193 Å². The topological polar surface area (TPSA) is 118 Å². The van der Waals surface area contributed by atoms with E-state index in [0.29, 0.717) is 11.3 Å². The zero-order valence-corrected chi connectivity index (χ0v) is 18.2. The zero-order chi connectivity index (χ0) is 24.1. The molecule has 0 bridgehead atoms. The van der Waals surface area contributed by atoms with E-state index in [2.05, 4.69) is 25.7 Å². The van der Waals surface area contributed by atoms with Crippen molar-refractivity contribution in [2.24, 2.45) is 0 Å². The molecule has 0 saturated carbocycles. The maximum absolute atomic E-state index is 14.9. The normalized spacial score (nSPS) is 12.9. The number of ether oxygens (including phenoxy) is 1. The first-order valence-electron chi connectivity index (χ1n) is 10.4. The number of nitrogens with one attached hydrogen (secondary N) is 2. The van der Waals surface area contributed by atoms with Gasteiger partial charge in [0, 0.05) is 18.2 Å². The summed E-state index contributed by atoms with van der Waals surface area (Å²) < 4.78 is 33.2. The van der Waals surface area contributed by atoms with Gasteiger partial charge in [0.1, 0.15) is 11.6 Å². The first kappa shape index (κ1) is 23.2. The Morgan fingerprint density at radius 3 is 2.62 bits per heavy atom. The van der Waals surface area contributed by atoms with Gasteiger partial charge in [0.2, 0.25) is 0 Å². The first-order chi connectivity index (χ1) is 16.5. The Kier molecular flexibility index (Phi) is 7.04. The number of benzene rings is 2. The van der Waals surface area contributed by atoms with Crippen LogP contribution in [0.2, 0.25) is 0 Å². The molecular formula is C23H22F2N6O3. The van der Waals surface area contributed by atoms with E-state index in [1.54, 1.807) is 18.2 Å². The highest BCUT2D eigenvalue weighted by atomic mass is 19.1. The van der Waals surface area contributed by atoms with Gasteiger partial charge in [0.05, 0.1) is 54.6 Å². The van der Waals surface area contributed by atoms with Crippen molar-refractivity contribution in [1.82, 2.24) is 30.5 Å². The zero-order valence-electron chi connectivity index (χ0n) is 18.2. The molecular weight excluding hydrogens is 446 g/mol. The van der Waals surface area contributed by atoms with E-state index in [0.717, 1.165) is 0 Å². The Morgan fingerprint density at radius 2 is 1.91 bits per heavy atom. The molecule has 0 aliphatic heterocycles. The van der Waals surface area contributed by atoms with Gasteiger partial charge in [-0.25, -0.2) is 8.78 Å². The Morgan fingerprint density at radius 1 is 1.18 bits per heavy atom. The number of hydrogen-bond acceptors (Lipinski definition) is 6. The fraction of sp³-hybridized carbons (Fsp3) is 0.217. The van der Waals surface area contributed by atoms with Gasteiger partial charge >= 0.3 is 0 Å². The summed E-state index contributed by atoms with van der Waals surface area (Å²) in [5, 5.41) is 28.1. The number of halogens is 2. The van der Waals surface area contributed by atoms with Crippen molar-refractivity contribution in [1.29, 1.82) is 0 Å². The van der Waals surface area contributed by atoms with Crippen LogP contribution in [0.4, 0.5) is 8.78 Å². The predicted molar refractivity (Wildman–Crippen MR) is 119 cm³/mol. The van der Waals surface area contributed by atoms with E-state index < -0.39 is 23.9 Å². The molecule has 11 heteroatoms. The molecule has 0 saturated heterocycles. The van der Waals surface area contributed by atoms with Gasteiger partial charge < -0.3 is 15.2 Å². The number of aromatic amines is 1. The SMILES string of the molecule is COC[C@@H](O)[C@@H](Cn1nccn1)NC(=O)c1cccc(F)c1-c1cc(-c2ccc(F)cc2)n[nH]1. The minimum atomic E-state index is -1.06. The maximum atomic E-state index is 14.9. The molecule has 0 fully saturated rings. The third-order valence-electron chi connectivity index (χ3n) is 5.19. The van der Waals surface area contributed by atoms with Crippen molar-refractivity contribution in [3.05, 3.63) is 78.1 Å². The number of H-pyrrole nitrogens is 1. The molecule has 0 spiro atoms. The van der Waals surface area contributed by atoms with Crippen LogP contribution in [0.15, 0.2) is 60.9 Å². The second kappa shape index (κ2) is 10.3. The molecule has 9 nitrogen and oxygen atoms in total. The summed E-state index contributed by atoms with van der Waals surface area (Å²) in [7, 11) is 1.43. The fourth-order valence-electron chi connectivity index (χ4n) is 3.52. The van der Waals surface area contributed by atoms with Gasteiger partial charge in [-0.15, -0.1) is 0 Å². The summed E-state index contributed by atoms with van der Waals surface area (Å²) in [6.07, 6.45) is 1.89. The summed E-state index contributed by atoms with van der Waals surface area (Å²) in [5.74, 6) is -1.63. The monoisotopic (exact) mass is 468 g/mol. The fourth-order valence-corrected chi connectivity index (χ4v) is 3.52. The molecule has 2 heterocycles. The predicted octanol–water partition coefficient (Wildman–Crippen LogP) is 2.42. The van der Waals surface area contributed by atoms with Crippen LogP contribution < -0.4 is 5.32 Å². The van der Waals surface area contributed by atoms with Crippen molar-refractivity contribution in [3.8, 4) is 22.5 Å². The number of carbonyl (C=O) groups excluding carboxylic acids is 1. The molecule has 34 heavy (non-hydrogen) atoms. The second-order valence-electron chi connectivity index (χ2n) is 7.52. The number of carbonyl (C=O) groups is 1. The van der Waals surface area contributed by atoms with E-state index in [-0.39, 0.29) is 35.8 Å². The van der Waals surface area contributed by atoms with Crippen molar-refractivity contribution in [2.45, 2.75) is 18.7 Å². The lowest BCUT2D eigenvalue weighted by Crippen LogP contribution is -2.48. The molecule has 176 valence electrons. The largest absolute Gasteiger partial charge is 0.388 e. The number of aliphatic hydroxyl groups is 1. The van der Waals surface area contributed by atoms with Gasteiger partial charge in [-0.05, 0) is 42.5 Å². The number of rotatable bonds is 9. The molecule has 2 atom stereocenters. The Balaban J connectivity index is 1.63. The number of nitrogens with zero attached hydrogens (tertiary/aromatic N) is 4. The molecule has 0 aliphatic carbocycles. The van der Waals surface area contributed by atoms with Gasteiger partial charge in [-0.2, -0.15) is 20.1 Å². The highest BCUT2D eigenvalue weighted by Gasteiger charge is 2.26. The average molecular weight is 468 g/mol. The molecule has 0 radical (unpaired) electrons. The molecule has 4 rings (SSSR count). The minimum Gasteiger partial charge on any atom is -0.388 e. The number of aliphatic hydroxyl groups excluding tert-OH is 1. The lowest BCUT2D eigenvalue weighted by Gasteiger charge is -2.23. The van der Waals surface area contributed by atoms with Crippen molar-refractivity contribution >= 4 is 5.91 Å². The summed E-state index contributed by atoms with van der Waals surface area (Å²) in [6, 6.07) is 10.6. The number of amides is 1. The third kappa shape index (κ3) is 5.16. The Hall–Kier alpha value is -3.96. The number of aromatic nitrogens is 5. The van der Waals surface area contributed by atoms with E-state index in [1.807, 2.05) is 0 Å². The van der Waals surface area contributed by atoms with Crippen LogP contribution in [0, 0.1) is 11.6 Å². The maximum Gasteiger partial charge on any atom is 0.252 e. The molecule has 3 N–H and O–H groups in total. The van der Waals surface area contributed by atoms with Crippen LogP contribution in [0.25, 0.3) is 22.5 Å². The van der Waals surface area contributed by atoms with E-state index >= 15 is 0 Å². The van der Waals surface area contributed by atoms with E-state index in [1.165, 1.54) is 54.6 Å². The summed E-state index contributed by atoms with van der Waals surface area (Å²) >= 11 is 0.